The van der Waals surface area contributed by atoms with Crippen molar-refractivity contribution in [3.63, 3.8) is 0 Å². The Morgan fingerprint density at radius 3 is 1.76 bits per heavy atom. The summed E-state index contributed by atoms with van der Waals surface area (Å²) in [5, 5.41) is -18.7. The third-order valence-corrected chi connectivity index (χ3v) is 7.54. The number of carbonyl (C=O) groups excluding carboxylic acids is 1. The zero-order chi connectivity index (χ0) is 32.7. The van der Waals surface area contributed by atoms with Gasteiger partial charge in [-0.1, -0.05) is 28.1 Å². The largest absolute Gasteiger partial charge is 0.363 e. The molecule has 1 amide bonds. The van der Waals surface area contributed by atoms with Crippen LogP contribution in [0.3, 0.4) is 0 Å². The van der Waals surface area contributed by atoms with Crippen molar-refractivity contribution < 1.29 is 13.6 Å². The minimum absolute atomic E-state index is 0.146. The first-order valence-corrected chi connectivity index (χ1v) is 12.1. The number of piperidine rings is 1. The van der Waals surface area contributed by atoms with E-state index in [1.54, 1.807) is 0 Å². The van der Waals surface area contributed by atoms with E-state index in [0.717, 1.165) is 24.4 Å². The number of carbonyl (C=O) groups is 1. The Bertz CT molecular complexity index is 1360. The fourth-order valence-corrected chi connectivity index (χ4v) is 4.92. The van der Waals surface area contributed by atoms with Crippen LogP contribution in [0.1, 0.15) is 21.6 Å². The first-order valence-electron chi connectivity index (χ1n) is 11.7. The highest BCUT2D eigenvalue weighted by Crippen LogP contribution is 2.67. The summed E-state index contributed by atoms with van der Waals surface area (Å²) in [6, 6.07) is 5.13. The molecule has 1 aromatic carbocycles. The molecule has 3 rings (SSSR count). The number of pyridine rings is 1. The first-order chi connectivity index (χ1) is 18.6. The minimum atomic E-state index is -3.91. The molecule has 1 aromatic heterocycles. The number of nitrogens with one attached hydrogen (secondary N) is 1. The van der Waals surface area contributed by atoms with Crippen LogP contribution in [-0.2, 0) is 10.5 Å². The highest BCUT2D eigenvalue weighted by molar-refractivity contribution is 6.64. The minimum Gasteiger partial charge on any atom is -0.363 e. The highest BCUT2D eigenvalue weighted by Gasteiger charge is 2.74. The van der Waals surface area contributed by atoms with Gasteiger partial charge in [0.1, 0.15) is 5.82 Å². The zero-order valence-electron chi connectivity index (χ0n) is 22.1. The number of benzene rings is 1. The summed E-state index contributed by atoms with van der Waals surface area (Å²) in [4.78, 5) is 17.7. The molecule has 0 aliphatic carbocycles. The summed E-state index contributed by atoms with van der Waals surface area (Å²) >= 11 is 5.78. The summed E-state index contributed by atoms with van der Waals surface area (Å²) < 4.78 is 31.4. The number of rotatable bonds is 6. The predicted octanol–water partition coefficient (Wildman–Crippen LogP) is -3.73. The van der Waals surface area contributed by atoms with Crippen LogP contribution in [0, 0.1) is 5.82 Å². The number of likely N-dealkylation sites (tertiary alicyclic amines) is 1. The normalized spacial score (nSPS) is 20.9. The van der Waals surface area contributed by atoms with Crippen molar-refractivity contribution in [1.29, 1.82) is 0 Å². The number of hydrogen-bond acceptors (Lipinski definition) is 3. The Labute approximate surface area is 269 Å². The number of halogens is 3. The molecule has 0 saturated carbocycles. The van der Waals surface area contributed by atoms with E-state index in [1.165, 1.54) is 12.1 Å². The van der Waals surface area contributed by atoms with Gasteiger partial charge in [0.2, 0.25) is 0 Å². The summed E-state index contributed by atoms with van der Waals surface area (Å²) in [5.41, 5.74) is -4.41. The molecule has 1 aliphatic heterocycles. The van der Waals surface area contributed by atoms with Crippen LogP contribution in [0.4, 0.5) is 8.78 Å². The standard InChI is InChI=1S/C20H7B15ClF2N3O/c21-13(22,23)8-2-4-11(39-6-8)14(24,25)40-18(30,31)15(38)16(26,27)19(32,33)41(20(34,35)17(15,28)29)12(42)7-1-3-10(37)9(36)5-7/h1-6,40H. The van der Waals surface area contributed by atoms with Gasteiger partial charge in [-0.2, -0.15) is 0 Å². The van der Waals surface area contributed by atoms with Gasteiger partial charge in [0, 0.05) is 17.5 Å². The SMILES string of the molecule is [B]C([B])([B])c1ccc(C([B])([B])NC([B])([B])C2(F)C([B])([B])C([B])([B])N(C(=O)c3ccc(F)c(Cl)c3)C([B])([B])C2([B])[B])nc1. The molecule has 0 atom stereocenters. The summed E-state index contributed by atoms with van der Waals surface area (Å²) in [6.07, 6.45) is 1.11. The van der Waals surface area contributed by atoms with E-state index in [1.807, 2.05) is 0 Å². The van der Waals surface area contributed by atoms with Gasteiger partial charge in [-0.05, 0) is 51.2 Å². The number of hydrogen-bond donors (Lipinski definition) is 1. The lowest BCUT2D eigenvalue weighted by molar-refractivity contribution is -0.0359. The Balaban J connectivity index is 2.16. The van der Waals surface area contributed by atoms with Crippen molar-refractivity contribution in [3.05, 3.63) is 64.2 Å². The van der Waals surface area contributed by atoms with Gasteiger partial charge in [-0.3, -0.25) is 9.78 Å². The van der Waals surface area contributed by atoms with Gasteiger partial charge in [-0.25, -0.2) is 8.78 Å². The van der Waals surface area contributed by atoms with Crippen LogP contribution in [0.15, 0.2) is 36.5 Å². The van der Waals surface area contributed by atoms with Gasteiger partial charge >= 0.3 is 0 Å². The molecule has 2 heterocycles. The molecule has 1 N–H and O–H groups in total. The quantitative estimate of drug-likeness (QED) is 0.384. The molecule has 4 nitrogen and oxygen atoms in total. The summed E-state index contributed by atoms with van der Waals surface area (Å²) in [7, 11) is 90.8. The van der Waals surface area contributed by atoms with Crippen LogP contribution in [0.2, 0.25) is 15.5 Å². The number of aromatic nitrogens is 1. The lowest BCUT2D eigenvalue weighted by Gasteiger charge is -2.79. The predicted molar refractivity (Wildman–Crippen MR) is 172 cm³/mol. The van der Waals surface area contributed by atoms with Crippen molar-refractivity contribution in [2.75, 3.05) is 0 Å². The molecule has 0 spiro atoms. The van der Waals surface area contributed by atoms with Crippen LogP contribution < -0.4 is 5.32 Å². The smallest absolute Gasteiger partial charge is 0.252 e. The van der Waals surface area contributed by atoms with Crippen molar-refractivity contribution in [1.82, 2.24) is 15.2 Å². The molecule has 2 aromatic rings. The van der Waals surface area contributed by atoms with Crippen LogP contribution >= 0.6 is 11.6 Å². The molecule has 1 aliphatic rings. The number of alkyl halides is 1. The van der Waals surface area contributed by atoms with E-state index in [2.05, 4.69) is 10.3 Å². The second-order valence-corrected chi connectivity index (χ2v) is 11.0. The molecule has 1 saturated heterocycles. The monoisotopic (exact) mass is 543 g/mol. The third kappa shape index (κ3) is 5.09. The molecule has 30 radical (unpaired) electrons. The number of amides is 1. The van der Waals surface area contributed by atoms with E-state index in [-0.39, 0.29) is 16.2 Å². The first kappa shape index (κ1) is 35.4. The molecular weight excluding hydrogens is 534 g/mol. The Kier molecular flexibility index (Phi) is 8.85. The second-order valence-electron chi connectivity index (χ2n) is 10.5. The molecule has 42 heavy (non-hydrogen) atoms. The maximum Gasteiger partial charge on any atom is 0.252 e. The average molecular weight is 541 g/mol. The Morgan fingerprint density at radius 1 is 0.857 bits per heavy atom. The van der Waals surface area contributed by atoms with Crippen molar-refractivity contribution in [2.45, 2.75) is 42.6 Å². The van der Waals surface area contributed by atoms with Gasteiger partial charge < -0.3 is 10.2 Å². The molecule has 22 heteroatoms. The van der Waals surface area contributed by atoms with Gasteiger partial charge in [-0.15, -0.1) is 5.11 Å². The summed E-state index contributed by atoms with van der Waals surface area (Å²) in [5.74, 6) is -2.19. The lowest BCUT2D eigenvalue weighted by Crippen LogP contribution is -2.89. The van der Waals surface area contributed by atoms with Crippen molar-refractivity contribution in [3.8, 4) is 0 Å². The van der Waals surface area contributed by atoms with E-state index < -0.39 is 64.9 Å². The van der Waals surface area contributed by atoms with E-state index >= 15 is 4.39 Å². The van der Waals surface area contributed by atoms with Gasteiger partial charge in [0.05, 0.1) is 128 Å². The highest BCUT2D eigenvalue weighted by atomic mass is 35.5. The van der Waals surface area contributed by atoms with Crippen LogP contribution in [-0.4, -0.2) is 155 Å². The fraction of sp³-hybridized carbons (Fsp3) is 0.400. The van der Waals surface area contributed by atoms with Crippen molar-refractivity contribution in [2.24, 2.45) is 0 Å². The summed E-state index contributed by atoms with van der Waals surface area (Å²) in [6.45, 7) is 0. The maximum atomic E-state index is 17.6. The maximum absolute atomic E-state index is 17.6. The van der Waals surface area contributed by atoms with Gasteiger partial charge in [0.15, 0.2) is 0 Å². The van der Waals surface area contributed by atoms with E-state index in [4.69, 9.17) is 129 Å². The average Bonchev–Trinajstić information content (AvgIpc) is 2.82. The Morgan fingerprint density at radius 2 is 1.36 bits per heavy atom. The zero-order valence-corrected chi connectivity index (χ0v) is 22.8. The third-order valence-electron chi connectivity index (χ3n) is 7.25. The van der Waals surface area contributed by atoms with Gasteiger partial charge in [0.25, 0.3) is 5.91 Å². The van der Waals surface area contributed by atoms with Crippen molar-refractivity contribution >= 4 is 135 Å². The fourth-order valence-electron chi connectivity index (χ4n) is 4.74. The molecule has 174 valence electrons. The topological polar surface area (TPSA) is 45.2 Å². The van der Waals surface area contributed by atoms with E-state index in [9.17, 15) is 9.18 Å². The van der Waals surface area contributed by atoms with Crippen LogP contribution in [0.25, 0.3) is 0 Å². The molecule has 1 fully saturated rings. The Hall–Kier alpha value is -1.08. The van der Waals surface area contributed by atoms with E-state index in [0.29, 0.717) is 0 Å². The van der Waals surface area contributed by atoms with Crippen LogP contribution in [0.5, 0.6) is 0 Å². The number of nitrogens with zero attached hydrogens (tertiary/aromatic N) is 2. The molecule has 0 bridgehead atoms. The molecule has 0 unspecified atom stereocenters. The lowest BCUT2D eigenvalue weighted by atomic mass is 9.11. The molecular formula is C20H7B15ClF2N3O. The second kappa shape index (κ2) is 10.5.